The van der Waals surface area contributed by atoms with Gasteiger partial charge < -0.3 is 5.32 Å². The fourth-order valence-corrected chi connectivity index (χ4v) is 1.92. The molecule has 2 nitrogen and oxygen atoms in total. The van der Waals surface area contributed by atoms with E-state index in [4.69, 9.17) is 0 Å². The van der Waals surface area contributed by atoms with Crippen LogP contribution in [-0.2, 0) is 4.79 Å². The molecule has 1 N–H and O–H groups in total. The molecule has 3 atom stereocenters. The van der Waals surface area contributed by atoms with Crippen LogP contribution in [-0.4, -0.2) is 11.9 Å². The largest absolute Gasteiger partial charge is 0.353 e. The van der Waals surface area contributed by atoms with Gasteiger partial charge in [0, 0.05) is 12.0 Å². The van der Waals surface area contributed by atoms with Gasteiger partial charge in [0.25, 0.3) is 0 Å². The SMILES string of the molecule is CC(C)C(=O)NC1CCC(C)C1C. The van der Waals surface area contributed by atoms with Crippen molar-refractivity contribution in [2.45, 2.75) is 46.6 Å². The molecule has 0 heterocycles. The molecule has 0 saturated heterocycles. The highest BCUT2D eigenvalue weighted by Gasteiger charge is 2.30. The molecule has 1 saturated carbocycles. The highest BCUT2D eigenvalue weighted by molar-refractivity contribution is 5.78. The zero-order valence-electron chi connectivity index (χ0n) is 9.13. The smallest absolute Gasteiger partial charge is 0.222 e. The maximum absolute atomic E-state index is 11.4. The zero-order valence-corrected chi connectivity index (χ0v) is 9.13. The van der Waals surface area contributed by atoms with Crippen molar-refractivity contribution in [3.63, 3.8) is 0 Å². The van der Waals surface area contributed by atoms with Crippen molar-refractivity contribution in [1.82, 2.24) is 5.32 Å². The monoisotopic (exact) mass is 183 g/mol. The minimum atomic E-state index is 0.114. The number of carbonyl (C=O) groups excluding carboxylic acids is 1. The lowest BCUT2D eigenvalue weighted by molar-refractivity contribution is -0.124. The first kappa shape index (κ1) is 10.6. The lowest BCUT2D eigenvalue weighted by Crippen LogP contribution is -2.39. The molecule has 1 aliphatic carbocycles. The van der Waals surface area contributed by atoms with Crippen molar-refractivity contribution in [2.24, 2.45) is 17.8 Å². The number of carbonyl (C=O) groups is 1. The lowest BCUT2D eigenvalue weighted by atomic mass is 9.97. The zero-order chi connectivity index (χ0) is 10.0. The summed E-state index contributed by atoms with van der Waals surface area (Å²) in [5.41, 5.74) is 0. The van der Waals surface area contributed by atoms with Crippen LogP contribution < -0.4 is 5.32 Å². The molecular formula is C11H21NO. The molecule has 0 bridgehead atoms. The topological polar surface area (TPSA) is 29.1 Å². The van der Waals surface area contributed by atoms with Crippen LogP contribution in [0.4, 0.5) is 0 Å². The third kappa shape index (κ3) is 2.45. The van der Waals surface area contributed by atoms with Crippen LogP contribution in [0.5, 0.6) is 0 Å². The molecule has 0 aromatic heterocycles. The van der Waals surface area contributed by atoms with Gasteiger partial charge in [-0.15, -0.1) is 0 Å². The van der Waals surface area contributed by atoms with E-state index < -0.39 is 0 Å². The van der Waals surface area contributed by atoms with E-state index in [0.717, 1.165) is 12.3 Å². The maximum Gasteiger partial charge on any atom is 0.222 e. The number of hydrogen-bond donors (Lipinski definition) is 1. The van der Waals surface area contributed by atoms with Gasteiger partial charge in [0.15, 0.2) is 0 Å². The molecule has 76 valence electrons. The third-order valence-corrected chi connectivity index (χ3v) is 3.32. The summed E-state index contributed by atoms with van der Waals surface area (Å²) in [6, 6.07) is 0.421. The van der Waals surface area contributed by atoms with Crippen LogP contribution in [0.3, 0.4) is 0 Å². The summed E-state index contributed by atoms with van der Waals surface area (Å²) in [4.78, 5) is 11.4. The predicted octanol–water partition coefficient (Wildman–Crippen LogP) is 2.19. The van der Waals surface area contributed by atoms with E-state index in [1.807, 2.05) is 13.8 Å². The second kappa shape index (κ2) is 4.12. The molecule has 1 fully saturated rings. The fraction of sp³-hybridized carbons (Fsp3) is 0.909. The van der Waals surface area contributed by atoms with E-state index in [-0.39, 0.29) is 11.8 Å². The Morgan fingerprint density at radius 2 is 1.92 bits per heavy atom. The Morgan fingerprint density at radius 3 is 2.31 bits per heavy atom. The van der Waals surface area contributed by atoms with E-state index in [1.54, 1.807) is 0 Å². The van der Waals surface area contributed by atoms with Crippen molar-refractivity contribution in [3.8, 4) is 0 Å². The summed E-state index contributed by atoms with van der Waals surface area (Å²) in [6.07, 6.45) is 2.41. The van der Waals surface area contributed by atoms with E-state index in [9.17, 15) is 4.79 Å². The van der Waals surface area contributed by atoms with Crippen LogP contribution in [0.25, 0.3) is 0 Å². The quantitative estimate of drug-likeness (QED) is 0.698. The second-order valence-corrected chi connectivity index (χ2v) is 4.68. The van der Waals surface area contributed by atoms with Crippen molar-refractivity contribution >= 4 is 5.91 Å². The molecule has 1 amide bonds. The Kier molecular flexibility index (Phi) is 3.34. The summed E-state index contributed by atoms with van der Waals surface area (Å²) < 4.78 is 0. The van der Waals surface area contributed by atoms with Crippen molar-refractivity contribution in [2.75, 3.05) is 0 Å². The maximum atomic E-state index is 11.4. The minimum absolute atomic E-state index is 0.114. The minimum Gasteiger partial charge on any atom is -0.353 e. The summed E-state index contributed by atoms with van der Waals surface area (Å²) in [6.45, 7) is 8.39. The number of amides is 1. The van der Waals surface area contributed by atoms with Crippen LogP contribution in [0.1, 0.15) is 40.5 Å². The van der Waals surface area contributed by atoms with Gasteiger partial charge in [-0.25, -0.2) is 0 Å². The molecule has 2 heteroatoms. The molecule has 0 aromatic carbocycles. The first-order valence-corrected chi connectivity index (χ1v) is 5.32. The summed E-state index contributed by atoms with van der Waals surface area (Å²) in [5, 5.41) is 3.12. The van der Waals surface area contributed by atoms with Gasteiger partial charge in [0.2, 0.25) is 5.91 Å². The normalized spacial score (nSPS) is 33.8. The van der Waals surface area contributed by atoms with E-state index in [2.05, 4.69) is 19.2 Å². The van der Waals surface area contributed by atoms with Gasteiger partial charge in [0.05, 0.1) is 0 Å². The molecule has 0 radical (unpaired) electrons. The van der Waals surface area contributed by atoms with Gasteiger partial charge in [-0.3, -0.25) is 4.79 Å². The highest BCUT2D eigenvalue weighted by atomic mass is 16.1. The first-order valence-electron chi connectivity index (χ1n) is 5.32. The lowest BCUT2D eigenvalue weighted by Gasteiger charge is -2.20. The molecule has 1 aliphatic rings. The van der Waals surface area contributed by atoms with E-state index in [0.29, 0.717) is 12.0 Å². The van der Waals surface area contributed by atoms with Gasteiger partial charge in [0.1, 0.15) is 0 Å². The second-order valence-electron chi connectivity index (χ2n) is 4.68. The standard InChI is InChI=1S/C11H21NO/c1-7(2)11(13)12-10-6-5-8(3)9(10)4/h7-10H,5-6H2,1-4H3,(H,12,13). The van der Waals surface area contributed by atoms with E-state index >= 15 is 0 Å². The molecule has 0 aromatic rings. The average molecular weight is 183 g/mol. The molecule has 3 unspecified atom stereocenters. The van der Waals surface area contributed by atoms with Crippen LogP contribution in [0, 0.1) is 17.8 Å². The van der Waals surface area contributed by atoms with Gasteiger partial charge in [-0.2, -0.15) is 0 Å². The van der Waals surface area contributed by atoms with Crippen LogP contribution >= 0.6 is 0 Å². The Balaban J connectivity index is 2.42. The van der Waals surface area contributed by atoms with Crippen molar-refractivity contribution in [1.29, 1.82) is 0 Å². The van der Waals surface area contributed by atoms with Gasteiger partial charge >= 0.3 is 0 Å². The molecule has 0 aliphatic heterocycles. The summed E-state index contributed by atoms with van der Waals surface area (Å²) in [5.74, 6) is 1.72. The Labute approximate surface area is 81.1 Å². The Morgan fingerprint density at radius 1 is 1.31 bits per heavy atom. The molecular weight excluding hydrogens is 162 g/mol. The van der Waals surface area contributed by atoms with Gasteiger partial charge in [-0.05, 0) is 24.7 Å². The fourth-order valence-electron chi connectivity index (χ4n) is 1.92. The number of hydrogen-bond acceptors (Lipinski definition) is 1. The van der Waals surface area contributed by atoms with Crippen molar-refractivity contribution in [3.05, 3.63) is 0 Å². The van der Waals surface area contributed by atoms with Crippen LogP contribution in [0.2, 0.25) is 0 Å². The predicted molar refractivity (Wildman–Crippen MR) is 54.3 cm³/mol. The van der Waals surface area contributed by atoms with E-state index in [1.165, 1.54) is 6.42 Å². The Bertz CT molecular complexity index is 189. The molecule has 13 heavy (non-hydrogen) atoms. The molecule has 0 spiro atoms. The van der Waals surface area contributed by atoms with Crippen molar-refractivity contribution < 1.29 is 4.79 Å². The highest BCUT2D eigenvalue weighted by Crippen LogP contribution is 2.31. The number of rotatable bonds is 2. The van der Waals surface area contributed by atoms with Gasteiger partial charge in [-0.1, -0.05) is 27.7 Å². The third-order valence-electron chi connectivity index (χ3n) is 3.32. The summed E-state index contributed by atoms with van der Waals surface area (Å²) in [7, 11) is 0. The Hall–Kier alpha value is -0.530. The average Bonchev–Trinajstić information content (AvgIpc) is 2.36. The summed E-state index contributed by atoms with van der Waals surface area (Å²) >= 11 is 0. The first-order chi connectivity index (χ1) is 6.02. The van der Waals surface area contributed by atoms with Crippen LogP contribution in [0.15, 0.2) is 0 Å². The molecule has 1 rings (SSSR count). The number of nitrogens with one attached hydrogen (secondary N) is 1.